The van der Waals surface area contributed by atoms with Gasteiger partial charge in [-0.05, 0) is 23.6 Å². The summed E-state index contributed by atoms with van der Waals surface area (Å²) in [5, 5.41) is 5.98. The minimum atomic E-state index is 0.548. The number of nitrogens with zero attached hydrogens (tertiary/aromatic N) is 2. The van der Waals surface area contributed by atoms with Crippen molar-refractivity contribution in [3.05, 3.63) is 46.6 Å². The second-order valence-corrected chi connectivity index (χ2v) is 5.45. The highest BCUT2D eigenvalue weighted by molar-refractivity contribution is 7.17. The molecular formula is C14H12ClN3OS. The molecule has 0 spiro atoms. The van der Waals surface area contributed by atoms with Crippen LogP contribution in [0.25, 0.3) is 10.2 Å². The number of hydrogen-bond acceptors (Lipinski definition) is 5. The van der Waals surface area contributed by atoms with Crippen molar-refractivity contribution in [1.29, 1.82) is 0 Å². The molecule has 0 atom stereocenters. The fourth-order valence-electron chi connectivity index (χ4n) is 1.99. The van der Waals surface area contributed by atoms with Gasteiger partial charge in [0.1, 0.15) is 17.9 Å². The van der Waals surface area contributed by atoms with Crippen LogP contribution >= 0.6 is 22.9 Å². The summed E-state index contributed by atoms with van der Waals surface area (Å²) < 4.78 is 6.37. The van der Waals surface area contributed by atoms with Gasteiger partial charge in [0.05, 0.1) is 17.3 Å². The smallest absolute Gasteiger partial charge is 0.147 e. The molecule has 1 aromatic carbocycles. The average Bonchev–Trinajstić information content (AvgIpc) is 2.94. The topological polar surface area (TPSA) is 47.0 Å². The van der Waals surface area contributed by atoms with Crippen molar-refractivity contribution in [1.82, 2.24) is 9.97 Å². The van der Waals surface area contributed by atoms with Crippen LogP contribution in [0.4, 0.5) is 5.82 Å². The van der Waals surface area contributed by atoms with Crippen LogP contribution in [-0.4, -0.2) is 17.1 Å². The molecule has 3 rings (SSSR count). The Morgan fingerprint density at radius 2 is 2.20 bits per heavy atom. The van der Waals surface area contributed by atoms with Gasteiger partial charge in [-0.1, -0.05) is 17.7 Å². The first-order chi connectivity index (χ1) is 9.79. The van der Waals surface area contributed by atoms with E-state index in [1.165, 1.54) is 0 Å². The molecule has 0 unspecified atom stereocenters. The zero-order valence-corrected chi connectivity index (χ0v) is 12.3. The van der Waals surface area contributed by atoms with Crippen molar-refractivity contribution >= 4 is 39.0 Å². The standard InChI is InChI=1S/C14H12ClN3OS/c1-19-12-4-2-3-10(15)9(12)7-16-14-13-11(5-6-20-13)17-8-18-14/h2-6,8H,7H2,1H3,(H,16,17,18). The fraction of sp³-hybridized carbons (Fsp3) is 0.143. The van der Waals surface area contributed by atoms with Crippen molar-refractivity contribution < 1.29 is 4.74 Å². The molecule has 0 aliphatic rings. The first-order valence-corrected chi connectivity index (χ1v) is 7.29. The number of nitrogens with one attached hydrogen (secondary N) is 1. The Labute approximate surface area is 125 Å². The molecule has 0 fully saturated rings. The molecule has 2 heterocycles. The summed E-state index contributed by atoms with van der Waals surface area (Å²) in [5.74, 6) is 1.58. The molecule has 20 heavy (non-hydrogen) atoms. The van der Waals surface area contributed by atoms with Crippen LogP contribution < -0.4 is 10.1 Å². The third-order valence-electron chi connectivity index (χ3n) is 2.97. The number of ether oxygens (including phenoxy) is 1. The first kappa shape index (κ1) is 13.1. The molecular weight excluding hydrogens is 294 g/mol. The molecule has 0 aliphatic carbocycles. The van der Waals surface area contributed by atoms with E-state index in [2.05, 4.69) is 15.3 Å². The van der Waals surface area contributed by atoms with E-state index < -0.39 is 0 Å². The van der Waals surface area contributed by atoms with Gasteiger partial charge >= 0.3 is 0 Å². The summed E-state index contributed by atoms with van der Waals surface area (Å²) in [6.45, 7) is 0.548. The van der Waals surface area contributed by atoms with Crippen molar-refractivity contribution in [3.63, 3.8) is 0 Å². The van der Waals surface area contributed by atoms with E-state index in [1.807, 2.05) is 29.6 Å². The number of benzene rings is 1. The van der Waals surface area contributed by atoms with Gasteiger partial charge in [0.15, 0.2) is 0 Å². The number of hydrogen-bond donors (Lipinski definition) is 1. The third kappa shape index (κ3) is 2.42. The summed E-state index contributed by atoms with van der Waals surface area (Å²) in [6, 6.07) is 7.58. The number of fused-ring (bicyclic) bond motifs is 1. The van der Waals surface area contributed by atoms with Crippen LogP contribution in [0.2, 0.25) is 5.02 Å². The molecule has 0 amide bonds. The van der Waals surface area contributed by atoms with Gasteiger partial charge in [-0.15, -0.1) is 11.3 Å². The number of anilines is 1. The number of thiophene rings is 1. The zero-order chi connectivity index (χ0) is 13.9. The van der Waals surface area contributed by atoms with E-state index >= 15 is 0 Å². The van der Waals surface area contributed by atoms with Crippen LogP contribution in [0.15, 0.2) is 36.0 Å². The van der Waals surface area contributed by atoms with Gasteiger partial charge in [0, 0.05) is 17.1 Å². The number of halogens is 1. The predicted octanol–water partition coefficient (Wildman–Crippen LogP) is 3.97. The van der Waals surface area contributed by atoms with Crippen LogP contribution in [0.3, 0.4) is 0 Å². The Kier molecular flexibility index (Phi) is 3.71. The second-order valence-electron chi connectivity index (χ2n) is 4.13. The molecule has 0 radical (unpaired) electrons. The molecule has 0 saturated carbocycles. The quantitative estimate of drug-likeness (QED) is 0.792. The number of rotatable bonds is 4. The lowest BCUT2D eigenvalue weighted by atomic mass is 10.2. The van der Waals surface area contributed by atoms with Crippen LogP contribution in [0.1, 0.15) is 5.56 Å². The molecule has 0 aliphatic heterocycles. The Balaban J connectivity index is 1.88. The van der Waals surface area contributed by atoms with Crippen molar-refractivity contribution in [2.75, 3.05) is 12.4 Å². The fourth-order valence-corrected chi connectivity index (χ4v) is 3.03. The minimum absolute atomic E-state index is 0.548. The SMILES string of the molecule is COc1cccc(Cl)c1CNc1ncnc2ccsc12. The van der Waals surface area contributed by atoms with Crippen LogP contribution in [0.5, 0.6) is 5.75 Å². The van der Waals surface area contributed by atoms with Gasteiger partial charge in [0.25, 0.3) is 0 Å². The van der Waals surface area contributed by atoms with Gasteiger partial charge in [-0.2, -0.15) is 0 Å². The Bertz CT molecular complexity index is 744. The van der Waals surface area contributed by atoms with Gasteiger partial charge in [-0.25, -0.2) is 9.97 Å². The highest BCUT2D eigenvalue weighted by atomic mass is 35.5. The summed E-state index contributed by atoms with van der Waals surface area (Å²) in [5.41, 5.74) is 1.86. The van der Waals surface area contributed by atoms with Gasteiger partial charge < -0.3 is 10.1 Å². The summed E-state index contributed by atoms with van der Waals surface area (Å²) in [4.78, 5) is 8.50. The van der Waals surface area contributed by atoms with E-state index in [9.17, 15) is 0 Å². The van der Waals surface area contributed by atoms with Gasteiger partial charge in [0.2, 0.25) is 0 Å². The van der Waals surface area contributed by atoms with Crippen LogP contribution in [-0.2, 0) is 6.54 Å². The lowest BCUT2D eigenvalue weighted by Crippen LogP contribution is -2.04. The summed E-state index contributed by atoms with van der Waals surface area (Å²) in [6.07, 6.45) is 1.56. The normalized spacial score (nSPS) is 10.7. The molecule has 4 nitrogen and oxygen atoms in total. The highest BCUT2D eigenvalue weighted by Crippen LogP contribution is 2.29. The summed E-state index contributed by atoms with van der Waals surface area (Å²) in [7, 11) is 1.64. The van der Waals surface area contributed by atoms with E-state index in [-0.39, 0.29) is 0 Å². The molecule has 0 bridgehead atoms. The average molecular weight is 306 g/mol. The minimum Gasteiger partial charge on any atom is -0.496 e. The lowest BCUT2D eigenvalue weighted by molar-refractivity contribution is 0.410. The Morgan fingerprint density at radius 3 is 3.05 bits per heavy atom. The lowest BCUT2D eigenvalue weighted by Gasteiger charge is -2.11. The Hall–Kier alpha value is -1.85. The predicted molar refractivity (Wildman–Crippen MR) is 82.7 cm³/mol. The maximum absolute atomic E-state index is 6.22. The first-order valence-electron chi connectivity index (χ1n) is 6.03. The monoisotopic (exact) mass is 305 g/mol. The van der Waals surface area contributed by atoms with Crippen molar-refractivity contribution in [2.24, 2.45) is 0 Å². The van der Waals surface area contributed by atoms with Crippen LogP contribution in [0, 0.1) is 0 Å². The molecule has 1 N–H and O–H groups in total. The summed E-state index contributed by atoms with van der Waals surface area (Å²) >= 11 is 7.83. The van der Waals surface area contributed by atoms with E-state index in [0.29, 0.717) is 11.6 Å². The third-order valence-corrected chi connectivity index (χ3v) is 4.24. The van der Waals surface area contributed by atoms with E-state index in [4.69, 9.17) is 16.3 Å². The van der Waals surface area contributed by atoms with Crippen molar-refractivity contribution in [2.45, 2.75) is 6.54 Å². The number of methoxy groups -OCH3 is 1. The van der Waals surface area contributed by atoms with E-state index in [1.54, 1.807) is 24.8 Å². The molecule has 102 valence electrons. The molecule has 0 saturated heterocycles. The Morgan fingerprint density at radius 1 is 1.30 bits per heavy atom. The maximum atomic E-state index is 6.22. The van der Waals surface area contributed by atoms with Gasteiger partial charge in [-0.3, -0.25) is 0 Å². The zero-order valence-electron chi connectivity index (χ0n) is 10.8. The highest BCUT2D eigenvalue weighted by Gasteiger charge is 2.09. The molecule has 3 aromatic rings. The van der Waals surface area contributed by atoms with Crippen molar-refractivity contribution in [3.8, 4) is 5.75 Å². The second kappa shape index (κ2) is 5.64. The molecule has 6 heteroatoms. The number of aromatic nitrogens is 2. The largest absolute Gasteiger partial charge is 0.496 e. The molecule has 2 aromatic heterocycles. The van der Waals surface area contributed by atoms with E-state index in [0.717, 1.165) is 27.3 Å². The maximum Gasteiger partial charge on any atom is 0.147 e.